The number of amides is 1. The van der Waals surface area contributed by atoms with Crippen molar-refractivity contribution in [1.82, 2.24) is 4.98 Å². The number of hydrogen-bond donors (Lipinski definition) is 0. The number of aryl methyl sites for hydroxylation is 2. The lowest BCUT2D eigenvalue weighted by Crippen LogP contribution is -2.23. The first-order chi connectivity index (χ1) is 12.5. The van der Waals surface area contributed by atoms with E-state index >= 15 is 0 Å². The number of thiophene rings is 1. The highest BCUT2D eigenvalue weighted by molar-refractivity contribution is 7.14. The summed E-state index contributed by atoms with van der Waals surface area (Å²) in [6, 6.07) is 7.64. The highest BCUT2D eigenvalue weighted by atomic mass is 32.1. The van der Waals surface area contributed by atoms with E-state index < -0.39 is 0 Å². The van der Waals surface area contributed by atoms with Crippen LogP contribution in [0.3, 0.4) is 0 Å². The third-order valence-electron chi connectivity index (χ3n) is 3.75. The topological polar surface area (TPSA) is 59.5 Å². The quantitative estimate of drug-likeness (QED) is 0.587. The summed E-state index contributed by atoms with van der Waals surface area (Å²) in [4.78, 5) is 30.2. The van der Waals surface area contributed by atoms with E-state index in [2.05, 4.69) is 4.98 Å². The van der Waals surface area contributed by atoms with Crippen LogP contribution in [0.15, 0.2) is 40.4 Å². The summed E-state index contributed by atoms with van der Waals surface area (Å²) in [5, 5.41) is 5.93. The van der Waals surface area contributed by atoms with Gasteiger partial charge in [-0.25, -0.2) is 9.78 Å². The van der Waals surface area contributed by atoms with Crippen LogP contribution in [0.1, 0.15) is 34.1 Å². The summed E-state index contributed by atoms with van der Waals surface area (Å²) >= 11 is 2.79. The lowest BCUT2D eigenvalue weighted by molar-refractivity contribution is -0.115. The highest BCUT2D eigenvalue weighted by Gasteiger charge is 2.20. The van der Waals surface area contributed by atoms with Crippen LogP contribution >= 0.6 is 22.7 Å². The van der Waals surface area contributed by atoms with Crippen LogP contribution in [0.4, 0.5) is 10.8 Å². The van der Waals surface area contributed by atoms with Gasteiger partial charge in [-0.2, -0.15) is 11.3 Å². The van der Waals surface area contributed by atoms with Crippen molar-refractivity contribution in [2.24, 2.45) is 0 Å². The molecule has 2 aromatic heterocycles. The molecule has 2 heterocycles. The Morgan fingerprint density at radius 1 is 1.19 bits per heavy atom. The van der Waals surface area contributed by atoms with E-state index in [0.29, 0.717) is 16.4 Å². The highest BCUT2D eigenvalue weighted by Crippen LogP contribution is 2.31. The van der Waals surface area contributed by atoms with Gasteiger partial charge in [-0.05, 0) is 36.9 Å². The van der Waals surface area contributed by atoms with Crippen molar-refractivity contribution in [3.8, 4) is 0 Å². The number of anilines is 2. The number of rotatable bonds is 5. The van der Waals surface area contributed by atoms with E-state index in [-0.39, 0.29) is 18.5 Å². The number of aromatic nitrogens is 1. The van der Waals surface area contributed by atoms with Gasteiger partial charge in [0.1, 0.15) is 6.61 Å². The fraction of sp³-hybridized carbons (Fsp3) is 0.211. The molecule has 0 unspecified atom stereocenters. The maximum absolute atomic E-state index is 12.2. The molecule has 1 amide bonds. The summed E-state index contributed by atoms with van der Waals surface area (Å²) in [5.74, 6) is -0.494. The second kappa shape index (κ2) is 7.80. The smallest absolute Gasteiger partial charge is 0.339 e. The molecule has 3 aromatic rings. The van der Waals surface area contributed by atoms with Gasteiger partial charge in [0.05, 0.1) is 16.9 Å². The van der Waals surface area contributed by atoms with Crippen LogP contribution in [-0.4, -0.2) is 16.9 Å². The van der Waals surface area contributed by atoms with Gasteiger partial charge in [0.25, 0.3) is 0 Å². The molecule has 0 saturated heterocycles. The van der Waals surface area contributed by atoms with Crippen molar-refractivity contribution < 1.29 is 14.3 Å². The molecule has 0 bridgehead atoms. The Labute approximate surface area is 159 Å². The Morgan fingerprint density at radius 2 is 2.00 bits per heavy atom. The van der Waals surface area contributed by atoms with Gasteiger partial charge in [0.2, 0.25) is 5.91 Å². The predicted molar refractivity (Wildman–Crippen MR) is 104 cm³/mol. The predicted octanol–water partition coefficient (Wildman–Crippen LogP) is 4.86. The summed E-state index contributed by atoms with van der Waals surface area (Å²) in [6.07, 6.45) is 0. The summed E-state index contributed by atoms with van der Waals surface area (Å²) in [5.41, 5.74) is 4.09. The van der Waals surface area contributed by atoms with Crippen molar-refractivity contribution in [2.45, 2.75) is 27.4 Å². The molecule has 0 atom stereocenters. The van der Waals surface area contributed by atoms with Gasteiger partial charge in [0.15, 0.2) is 5.13 Å². The summed E-state index contributed by atoms with van der Waals surface area (Å²) < 4.78 is 5.28. The SMILES string of the molecule is CC(=O)N(c1nc(COC(=O)c2ccsc2)cs1)c1ccc(C)cc1C. The van der Waals surface area contributed by atoms with E-state index in [9.17, 15) is 9.59 Å². The number of esters is 1. The average Bonchev–Trinajstić information content (AvgIpc) is 3.26. The van der Waals surface area contributed by atoms with Crippen LogP contribution in [0.25, 0.3) is 0 Å². The minimum Gasteiger partial charge on any atom is -0.456 e. The molecule has 0 radical (unpaired) electrons. The molecule has 134 valence electrons. The molecule has 7 heteroatoms. The first-order valence-corrected chi connectivity index (χ1v) is 9.79. The number of ether oxygens (including phenoxy) is 1. The average molecular weight is 386 g/mol. The molecule has 0 fully saturated rings. The van der Waals surface area contributed by atoms with Gasteiger partial charge in [-0.1, -0.05) is 17.7 Å². The molecule has 0 saturated carbocycles. The summed E-state index contributed by atoms with van der Waals surface area (Å²) in [6.45, 7) is 5.56. The van der Waals surface area contributed by atoms with Gasteiger partial charge in [-0.3, -0.25) is 9.69 Å². The minimum absolute atomic E-state index is 0.0732. The zero-order valence-electron chi connectivity index (χ0n) is 14.7. The third kappa shape index (κ3) is 4.00. The van der Waals surface area contributed by atoms with Crippen molar-refractivity contribution in [1.29, 1.82) is 0 Å². The van der Waals surface area contributed by atoms with Crippen LogP contribution in [0.5, 0.6) is 0 Å². The zero-order chi connectivity index (χ0) is 18.7. The molecule has 0 aliphatic rings. The first-order valence-electron chi connectivity index (χ1n) is 7.97. The fourth-order valence-corrected chi connectivity index (χ4v) is 4.02. The largest absolute Gasteiger partial charge is 0.456 e. The molecule has 0 aliphatic carbocycles. The van der Waals surface area contributed by atoms with E-state index in [0.717, 1.165) is 16.8 Å². The fourth-order valence-electron chi connectivity index (χ4n) is 2.53. The van der Waals surface area contributed by atoms with Crippen LogP contribution < -0.4 is 4.90 Å². The normalized spacial score (nSPS) is 10.6. The van der Waals surface area contributed by atoms with E-state index in [1.54, 1.807) is 21.7 Å². The first kappa shape index (κ1) is 18.3. The standard InChI is InChI=1S/C19H18N2O3S2/c1-12-4-5-17(13(2)8-12)21(14(3)22)19-20-16(11-26-19)9-24-18(23)15-6-7-25-10-15/h4-8,10-11H,9H2,1-3H3. The molecule has 0 N–H and O–H groups in total. The van der Waals surface area contributed by atoms with Crippen molar-refractivity contribution in [3.63, 3.8) is 0 Å². The molecular formula is C19H18N2O3S2. The maximum atomic E-state index is 12.2. The second-order valence-corrected chi connectivity index (χ2v) is 7.47. The Bertz CT molecular complexity index is 932. The number of carbonyl (C=O) groups is 2. The van der Waals surface area contributed by atoms with Crippen molar-refractivity contribution >= 4 is 45.4 Å². The Hall–Kier alpha value is -2.51. The lowest BCUT2D eigenvalue weighted by atomic mass is 10.1. The second-order valence-electron chi connectivity index (χ2n) is 5.85. The summed E-state index contributed by atoms with van der Waals surface area (Å²) in [7, 11) is 0. The molecule has 1 aromatic carbocycles. The zero-order valence-corrected chi connectivity index (χ0v) is 16.3. The van der Waals surface area contributed by atoms with Crippen LogP contribution in [0, 0.1) is 13.8 Å². The van der Waals surface area contributed by atoms with Crippen molar-refractivity contribution in [3.05, 3.63) is 62.8 Å². The van der Waals surface area contributed by atoms with Crippen molar-refractivity contribution in [2.75, 3.05) is 4.90 Å². The van der Waals surface area contributed by atoms with E-state index in [1.807, 2.05) is 37.4 Å². The van der Waals surface area contributed by atoms with Crippen LogP contribution in [0.2, 0.25) is 0 Å². The molecule has 5 nitrogen and oxygen atoms in total. The molecular weight excluding hydrogens is 368 g/mol. The number of nitrogens with zero attached hydrogens (tertiary/aromatic N) is 2. The molecule has 0 aliphatic heterocycles. The Balaban J connectivity index is 1.77. The van der Waals surface area contributed by atoms with Gasteiger partial charge >= 0.3 is 5.97 Å². The maximum Gasteiger partial charge on any atom is 0.339 e. The van der Waals surface area contributed by atoms with E-state index in [4.69, 9.17) is 4.74 Å². The Kier molecular flexibility index (Phi) is 5.49. The molecule has 0 spiro atoms. The lowest BCUT2D eigenvalue weighted by Gasteiger charge is -2.20. The Morgan fingerprint density at radius 3 is 2.65 bits per heavy atom. The molecule has 26 heavy (non-hydrogen) atoms. The number of benzene rings is 1. The number of carbonyl (C=O) groups excluding carboxylic acids is 2. The third-order valence-corrected chi connectivity index (χ3v) is 5.30. The van der Waals surface area contributed by atoms with Gasteiger partial charge in [0, 0.05) is 17.7 Å². The van der Waals surface area contributed by atoms with E-state index in [1.165, 1.54) is 29.6 Å². The number of hydrogen-bond acceptors (Lipinski definition) is 6. The van der Waals surface area contributed by atoms with Crippen LogP contribution in [-0.2, 0) is 16.1 Å². The minimum atomic E-state index is -0.376. The molecule has 3 rings (SSSR count). The van der Waals surface area contributed by atoms with Gasteiger partial charge in [-0.15, -0.1) is 11.3 Å². The van der Waals surface area contributed by atoms with Gasteiger partial charge < -0.3 is 4.74 Å². The number of thiazole rings is 1. The monoisotopic (exact) mass is 386 g/mol.